The summed E-state index contributed by atoms with van der Waals surface area (Å²) < 4.78 is 0. The number of hydrogen-bond donors (Lipinski definition) is 2. The van der Waals surface area contributed by atoms with E-state index in [4.69, 9.17) is 5.73 Å². The Labute approximate surface area is 103 Å². The second-order valence-electron chi connectivity index (χ2n) is 5.54. The number of amides is 2. The van der Waals surface area contributed by atoms with E-state index in [1.165, 1.54) is 6.92 Å². The molecule has 0 aromatic rings. The van der Waals surface area contributed by atoms with Crippen molar-refractivity contribution in [1.82, 2.24) is 10.2 Å². The van der Waals surface area contributed by atoms with Gasteiger partial charge >= 0.3 is 0 Å². The fourth-order valence-corrected chi connectivity index (χ4v) is 2.11. The lowest BCUT2D eigenvalue weighted by atomic mass is 9.99. The molecule has 2 amide bonds. The fraction of sp³-hybridized carbons (Fsp3) is 0.833. The molecule has 1 aliphatic heterocycles. The number of hydrogen-bond acceptors (Lipinski definition) is 3. The van der Waals surface area contributed by atoms with Crippen molar-refractivity contribution in [2.75, 3.05) is 13.1 Å². The van der Waals surface area contributed by atoms with Crippen molar-refractivity contribution in [2.45, 2.75) is 51.6 Å². The molecule has 0 aromatic heterocycles. The van der Waals surface area contributed by atoms with Gasteiger partial charge in [-0.05, 0) is 26.7 Å². The van der Waals surface area contributed by atoms with Crippen molar-refractivity contribution in [2.24, 2.45) is 5.73 Å². The van der Waals surface area contributed by atoms with Crippen molar-refractivity contribution >= 4 is 11.8 Å². The van der Waals surface area contributed by atoms with Crippen LogP contribution in [0, 0.1) is 0 Å². The lowest BCUT2D eigenvalue weighted by molar-refractivity contribution is -0.134. The monoisotopic (exact) mass is 241 g/mol. The highest BCUT2D eigenvalue weighted by Crippen LogP contribution is 2.14. The summed E-state index contributed by atoms with van der Waals surface area (Å²) in [5, 5.41) is 2.87. The SMILES string of the molecule is CC(=O)NC1CCCN(C(=O)CC(C)(C)N)C1. The van der Waals surface area contributed by atoms with Crippen LogP contribution < -0.4 is 11.1 Å². The second kappa shape index (κ2) is 5.49. The molecule has 0 aliphatic carbocycles. The maximum absolute atomic E-state index is 12.0. The van der Waals surface area contributed by atoms with Gasteiger partial charge in [-0.2, -0.15) is 0 Å². The Morgan fingerprint density at radius 3 is 2.65 bits per heavy atom. The molecule has 5 nitrogen and oxygen atoms in total. The molecule has 0 spiro atoms. The number of nitrogens with one attached hydrogen (secondary N) is 1. The average Bonchev–Trinajstić information content (AvgIpc) is 2.14. The molecular formula is C12H23N3O2. The molecule has 1 aliphatic rings. The first kappa shape index (κ1) is 14.0. The van der Waals surface area contributed by atoms with E-state index in [1.54, 1.807) is 4.90 Å². The zero-order valence-electron chi connectivity index (χ0n) is 11.0. The topological polar surface area (TPSA) is 75.4 Å². The summed E-state index contributed by atoms with van der Waals surface area (Å²) in [6.45, 7) is 6.57. The minimum absolute atomic E-state index is 0.0385. The number of nitrogens with zero attached hydrogens (tertiary/aromatic N) is 1. The predicted octanol–water partition coefficient (Wildman–Crippen LogP) is 0.241. The van der Waals surface area contributed by atoms with Crippen molar-refractivity contribution in [3.05, 3.63) is 0 Å². The van der Waals surface area contributed by atoms with Gasteiger partial charge in [0.2, 0.25) is 11.8 Å². The Hall–Kier alpha value is -1.10. The van der Waals surface area contributed by atoms with E-state index in [1.807, 2.05) is 13.8 Å². The first-order chi connectivity index (χ1) is 7.78. The normalized spacial score (nSPS) is 21.2. The molecule has 1 saturated heterocycles. The molecule has 0 saturated carbocycles. The Kier molecular flexibility index (Phi) is 4.51. The molecule has 1 unspecified atom stereocenters. The number of piperidine rings is 1. The maximum atomic E-state index is 12.0. The molecule has 17 heavy (non-hydrogen) atoms. The highest BCUT2D eigenvalue weighted by molar-refractivity contribution is 5.78. The number of carbonyl (C=O) groups is 2. The van der Waals surface area contributed by atoms with Crippen LogP contribution in [0.1, 0.15) is 40.0 Å². The number of nitrogens with two attached hydrogens (primary N) is 1. The lowest BCUT2D eigenvalue weighted by Gasteiger charge is -2.34. The molecule has 98 valence electrons. The zero-order chi connectivity index (χ0) is 13.1. The molecule has 5 heteroatoms. The maximum Gasteiger partial charge on any atom is 0.224 e. The first-order valence-electron chi connectivity index (χ1n) is 6.12. The second-order valence-corrected chi connectivity index (χ2v) is 5.54. The largest absolute Gasteiger partial charge is 0.352 e. The van der Waals surface area contributed by atoms with Gasteiger partial charge in [0.25, 0.3) is 0 Å². The molecule has 1 fully saturated rings. The Bertz CT molecular complexity index is 297. The van der Waals surface area contributed by atoms with Crippen LogP contribution in [-0.2, 0) is 9.59 Å². The van der Waals surface area contributed by atoms with Gasteiger partial charge in [-0.15, -0.1) is 0 Å². The highest BCUT2D eigenvalue weighted by Gasteiger charge is 2.26. The molecule has 0 aromatic carbocycles. The first-order valence-corrected chi connectivity index (χ1v) is 6.12. The summed E-state index contributed by atoms with van der Waals surface area (Å²) >= 11 is 0. The summed E-state index contributed by atoms with van der Waals surface area (Å²) in [6, 6.07) is 0.0890. The molecule has 0 radical (unpaired) electrons. The van der Waals surface area contributed by atoms with E-state index in [9.17, 15) is 9.59 Å². The number of likely N-dealkylation sites (tertiary alicyclic amines) is 1. The smallest absolute Gasteiger partial charge is 0.224 e. The summed E-state index contributed by atoms with van der Waals surface area (Å²) in [7, 11) is 0. The highest BCUT2D eigenvalue weighted by atomic mass is 16.2. The predicted molar refractivity (Wildman–Crippen MR) is 66.3 cm³/mol. The average molecular weight is 241 g/mol. The van der Waals surface area contributed by atoms with Crippen LogP contribution in [0.25, 0.3) is 0 Å². The Morgan fingerprint density at radius 1 is 1.47 bits per heavy atom. The minimum atomic E-state index is -0.474. The van der Waals surface area contributed by atoms with Crippen molar-refractivity contribution in [3.63, 3.8) is 0 Å². The third kappa shape index (κ3) is 5.17. The van der Waals surface area contributed by atoms with Gasteiger partial charge in [0.05, 0.1) is 0 Å². The van der Waals surface area contributed by atoms with Gasteiger partial charge in [0.1, 0.15) is 0 Å². The molecule has 1 heterocycles. The van der Waals surface area contributed by atoms with E-state index in [0.717, 1.165) is 19.4 Å². The molecule has 1 rings (SSSR count). The fourth-order valence-electron chi connectivity index (χ4n) is 2.11. The number of rotatable bonds is 3. The molecule has 0 bridgehead atoms. The van der Waals surface area contributed by atoms with E-state index < -0.39 is 5.54 Å². The minimum Gasteiger partial charge on any atom is -0.352 e. The van der Waals surface area contributed by atoms with Gasteiger partial charge in [-0.3, -0.25) is 9.59 Å². The van der Waals surface area contributed by atoms with E-state index in [-0.39, 0.29) is 17.9 Å². The van der Waals surface area contributed by atoms with Crippen LogP contribution in [0.4, 0.5) is 0 Å². The van der Waals surface area contributed by atoms with Crippen LogP contribution in [0.2, 0.25) is 0 Å². The van der Waals surface area contributed by atoms with Gasteiger partial charge in [-0.1, -0.05) is 0 Å². The van der Waals surface area contributed by atoms with Crippen molar-refractivity contribution < 1.29 is 9.59 Å². The van der Waals surface area contributed by atoms with E-state index in [0.29, 0.717) is 13.0 Å². The summed E-state index contributed by atoms with van der Waals surface area (Å²) in [5.41, 5.74) is 5.37. The van der Waals surface area contributed by atoms with Crippen LogP contribution in [0.3, 0.4) is 0 Å². The summed E-state index contributed by atoms with van der Waals surface area (Å²) in [5.74, 6) is 0.0380. The Balaban J connectivity index is 2.49. The number of carbonyl (C=O) groups excluding carboxylic acids is 2. The van der Waals surface area contributed by atoms with Crippen molar-refractivity contribution in [1.29, 1.82) is 0 Å². The van der Waals surface area contributed by atoms with Crippen LogP contribution in [0.5, 0.6) is 0 Å². The zero-order valence-corrected chi connectivity index (χ0v) is 11.0. The standard InChI is InChI=1S/C12H23N3O2/c1-9(16)14-10-5-4-6-15(8-10)11(17)7-12(2,3)13/h10H,4-8,13H2,1-3H3,(H,14,16). The van der Waals surface area contributed by atoms with E-state index in [2.05, 4.69) is 5.32 Å². The lowest BCUT2D eigenvalue weighted by Crippen LogP contribution is -2.51. The third-order valence-electron chi connectivity index (χ3n) is 2.79. The third-order valence-corrected chi connectivity index (χ3v) is 2.79. The van der Waals surface area contributed by atoms with Gasteiger partial charge < -0.3 is 16.0 Å². The molecule has 3 N–H and O–H groups in total. The summed E-state index contributed by atoms with van der Waals surface area (Å²) in [6.07, 6.45) is 2.22. The van der Waals surface area contributed by atoms with Gasteiger partial charge in [0, 0.05) is 38.0 Å². The Morgan fingerprint density at radius 2 is 2.12 bits per heavy atom. The summed E-state index contributed by atoms with van der Waals surface area (Å²) in [4.78, 5) is 24.8. The van der Waals surface area contributed by atoms with Crippen LogP contribution >= 0.6 is 0 Å². The van der Waals surface area contributed by atoms with Crippen LogP contribution in [-0.4, -0.2) is 41.4 Å². The van der Waals surface area contributed by atoms with E-state index >= 15 is 0 Å². The van der Waals surface area contributed by atoms with Gasteiger partial charge in [0.15, 0.2) is 0 Å². The van der Waals surface area contributed by atoms with Gasteiger partial charge in [-0.25, -0.2) is 0 Å². The van der Waals surface area contributed by atoms with Crippen molar-refractivity contribution in [3.8, 4) is 0 Å². The molecule has 1 atom stereocenters. The molecular weight excluding hydrogens is 218 g/mol. The quantitative estimate of drug-likeness (QED) is 0.743. The van der Waals surface area contributed by atoms with Crippen LogP contribution in [0.15, 0.2) is 0 Å².